The first-order chi connectivity index (χ1) is 14.8. The normalized spacial score (nSPS) is 11.8. The maximum Gasteiger partial charge on any atom is 0.253 e. The molecule has 0 fully saturated rings. The minimum Gasteiger partial charge on any atom is -0.377 e. The first-order valence-electron chi connectivity index (χ1n) is 10.2. The molecule has 2 N–H and O–H groups in total. The summed E-state index contributed by atoms with van der Waals surface area (Å²) in [5.74, 6) is -0.427. The van der Waals surface area contributed by atoms with Crippen LogP contribution in [0.2, 0.25) is 0 Å². The minimum absolute atomic E-state index is 0.0867. The van der Waals surface area contributed by atoms with Crippen LogP contribution in [0.5, 0.6) is 0 Å². The molecule has 7 heteroatoms. The number of carbonyl (C=O) groups is 2. The van der Waals surface area contributed by atoms with Crippen LogP contribution < -0.4 is 15.5 Å². The number of nitrogens with zero attached hydrogens (tertiary/aromatic N) is 2. The Balaban J connectivity index is 1.83. The molecule has 0 saturated carbocycles. The Morgan fingerprint density at radius 2 is 1.84 bits per heavy atom. The van der Waals surface area contributed by atoms with Crippen molar-refractivity contribution in [3.05, 3.63) is 65.2 Å². The number of rotatable bonds is 7. The van der Waals surface area contributed by atoms with E-state index in [9.17, 15) is 9.59 Å². The number of hydrogen-bond donors (Lipinski definition) is 2. The second-order valence-corrected chi connectivity index (χ2v) is 8.82. The van der Waals surface area contributed by atoms with Crippen molar-refractivity contribution in [2.75, 3.05) is 24.3 Å². The number of thiazole rings is 1. The monoisotopic (exact) mass is 436 g/mol. The predicted octanol–water partition coefficient (Wildman–Crippen LogP) is 4.96. The molecule has 0 bridgehead atoms. The Hall–Kier alpha value is -3.19. The summed E-state index contributed by atoms with van der Waals surface area (Å²) in [5, 5.41) is 8.85. The lowest BCUT2D eigenvalue weighted by Gasteiger charge is -2.21. The zero-order chi connectivity index (χ0) is 22.5. The Morgan fingerprint density at radius 3 is 2.48 bits per heavy atom. The highest BCUT2D eigenvalue weighted by Crippen LogP contribution is 2.27. The minimum atomic E-state index is -0.198. The van der Waals surface area contributed by atoms with E-state index >= 15 is 0 Å². The summed E-state index contributed by atoms with van der Waals surface area (Å²) in [6, 6.07) is 13.2. The largest absolute Gasteiger partial charge is 0.377 e. The van der Waals surface area contributed by atoms with E-state index in [4.69, 9.17) is 0 Å². The van der Waals surface area contributed by atoms with Gasteiger partial charge >= 0.3 is 0 Å². The van der Waals surface area contributed by atoms with Crippen molar-refractivity contribution in [1.29, 1.82) is 0 Å². The molecular formula is C24H28N4O2S. The zero-order valence-corrected chi connectivity index (χ0v) is 19.3. The number of benzene rings is 2. The molecule has 3 rings (SSSR count). The van der Waals surface area contributed by atoms with Crippen molar-refractivity contribution in [3.8, 4) is 10.6 Å². The smallest absolute Gasteiger partial charge is 0.253 e. The molecular weight excluding hydrogens is 408 g/mol. The van der Waals surface area contributed by atoms with Gasteiger partial charge in [-0.3, -0.25) is 9.59 Å². The summed E-state index contributed by atoms with van der Waals surface area (Å²) in [4.78, 5) is 31.5. The van der Waals surface area contributed by atoms with Gasteiger partial charge in [0.2, 0.25) is 5.91 Å². The van der Waals surface area contributed by atoms with Gasteiger partial charge < -0.3 is 15.5 Å². The average Bonchev–Trinajstić information content (AvgIpc) is 3.28. The topological polar surface area (TPSA) is 74.3 Å². The SMILES string of the molecule is CC(C)C(=O)Nc1ccc(N(C)C)c(C(=O)NC(C)c2cccc(-c3nccs3)c2)c1. The summed E-state index contributed by atoms with van der Waals surface area (Å²) in [5.41, 5.74) is 3.92. The quantitative estimate of drug-likeness (QED) is 0.549. The molecule has 162 valence electrons. The van der Waals surface area contributed by atoms with E-state index in [1.807, 2.05) is 75.5 Å². The van der Waals surface area contributed by atoms with Crippen LogP contribution in [0.15, 0.2) is 54.0 Å². The molecule has 6 nitrogen and oxygen atoms in total. The fraction of sp³-hybridized carbons (Fsp3) is 0.292. The van der Waals surface area contributed by atoms with Crippen LogP contribution in [-0.4, -0.2) is 30.9 Å². The molecule has 2 aromatic carbocycles. The fourth-order valence-electron chi connectivity index (χ4n) is 3.14. The molecule has 1 unspecified atom stereocenters. The van der Waals surface area contributed by atoms with Crippen molar-refractivity contribution >= 4 is 34.5 Å². The lowest BCUT2D eigenvalue weighted by Crippen LogP contribution is -2.28. The number of hydrogen-bond acceptors (Lipinski definition) is 5. The highest BCUT2D eigenvalue weighted by atomic mass is 32.1. The molecule has 0 spiro atoms. The van der Waals surface area contributed by atoms with Gasteiger partial charge in [-0.25, -0.2) is 4.98 Å². The number of carbonyl (C=O) groups excluding carboxylic acids is 2. The van der Waals surface area contributed by atoms with E-state index in [-0.39, 0.29) is 23.8 Å². The molecule has 1 aromatic heterocycles. The summed E-state index contributed by atoms with van der Waals surface area (Å²) in [6.45, 7) is 5.62. The number of anilines is 2. The van der Waals surface area contributed by atoms with E-state index in [0.29, 0.717) is 11.3 Å². The van der Waals surface area contributed by atoms with Crippen molar-refractivity contribution < 1.29 is 9.59 Å². The molecule has 31 heavy (non-hydrogen) atoms. The third-order valence-corrected chi connectivity index (χ3v) is 5.75. The van der Waals surface area contributed by atoms with Gasteiger partial charge in [0.05, 0.1) is 11.6 Å². The van der Waals surface area contributed by atoms with E-state index < -0.39 is 0 Å². The van der Waals surface area contributed by atoms with E-state index in [2.05, 4.69) is 21.7 Å². The molecule has 3 aromatic rings. The first-order valence-corrected chi connectivity index (χ1v) is 11.1. The number of amides is 2. The first kappa shape index (κ1) is 22.5. The molecule has 1 atom stereocenters. The van der Waals surface area contributed by atoms with Crippen LogP contribution in [0.4, 0.5) is 11.4 Å². The lowest BCUT2D eigenvalue weighted by atomic mass is 10.0. The Kier molecular flexibility index (Phi) is 7.07. The highest BCUT2D eigenvalue weighted by molar-refractivity contribution is 7.13. The van der Waals surface area contributed by atoms with Gasteiger partial charge in [0.15, 0.2) is 0 Å². The van der Waals surface area contributed by atoms with Crippen LogP contribution >= 0.6 is 11.3 Å². The third-order valence-electron chi connectivity index (χ3n) is 4.93. The number of aromatic nitrogens is 1. The fourth-order valence-corrected chi connectivity index (χ4v) is 3.77. The standard InChI is InChI=1S/C24H28N4O2S/c1-15(2)22(29)27-19-9-10-21(28(4)5)20(14-19)23(30)26-16(3)17-7-6-8-18(13-17)24-25-11-12-31-24/h6-16H,1-5H3,(H,26,30)(H,27,29). The van der Waals surface area contributed by atoms with Crippen LogP contribution in [0, 0.1) is 5.92 Å². The molecule has 0 saturated heterocycles. The third kappa shape index (κ3) is 5.49. The van der Waals surface area contributed by atoms with E-state index in [0.717, 1.165) is 21.8 Å². The Morgan fingerprint density at radius 1 is 1.06 bits per heavy atom. The van der Waals surface area contributed by atoms with Crippen LogP contribution in [0.25, 0.3) is 10.6 Å². The van der Waals surface area contributed by atoms with Crippen molar-refractivity contribution in [1.82, 2.24) is 10.3 Å². The van der Waals surface area contributed by atoms with Gasteiger partial charge in [-0.05, 0) is 36.8 Å². The molecule has 0 aliphatic rings. The molecule has 0 aliphatic carbocycles. The predicted molar refractivity (Wildman–Crippen MR) is 128 cm³/mol. The zero-order valence-electron chi connectivity index (χ0n) is 18.5. The molecule has 2 amide bonds. The Bertz CT molecular complexity index is 1060. The maximum atomic E-state index is 13.2. The van der Waals surface area contributed by atoms with Crippen molar-refractivity contribution in [3.63, 3.8) is 0 Å². The second kappa shape index (κ2) is 9.75. The lowest BCUT2D eigenvalue weighted by molar-refractivity contribution is -0.118. The van der Waals surface area contributed by atoms with Crippen molar-refractivity contribution in [2.24, 2.45) is 5.92 Å². The average molecular weight is 437 g/mol. The van der Waals surface area contributed by atoms with E-state index in [1.165, 1.54) is 0 Å². The Labute approximate surface area is 187 Å². The highest BCUT2D eigenvalue weighted by Gasteiger charge is 2.18. The second-order valence-electron chi connectivity index (χ2n) is 7.93. The van der Waals surface area contributed by atoms with Gasteiger partial charge in [0.1, 0.15) is 5.01 Å². The number of nitrogens with one attached hydrogen (secondary N) is 2. The van der Waals surface area contributed by atoms with Gasteiger partial charge in [0.25, 0.3) is 5.91 Å². The van der Waals surface area contributed by atoms with Crippen molar-refractivity contribution in [2.45, 2.75) is 26.8 Å². The molecule has 0 radical (unpaired) electrons. The summed E-state index contributed by atoms with van der Waals surface area (Å²) < 4.78 is 0. The van der Waals surface area contributed by atoms with Crippen LogP contribution in [0.1, 0.15) is 42.7 Å². The summed E-state index contributed by atoms with van der Waals surface area (Å²) in [7, 11) is 3.78. The maximum absolute atomic E-state index is 13.2. The van der Waals surface area contributed by atoms with Crippen LogP contribution in [-0.2, 0) is 4.79 Å². The van der Waals surface area contributed by atoms with Gasteiger partial charge in [0, 0.05) is 48.5 Å². The van der Waals surface area contributed by atoms with Gasteiger partial charge in [-0.1, -0.05) is 32.0 Å². The van der Waals surface area contributed by atoms with Crippen LogP contribution in [0.3, 0.4) is 0 Å². The van der Waals surface area contributed by atoms with E-state index in [1.54, 1.807) is 23.6 Å². The summed E-state index contributed by atoms with van der Waals surface area (Å²) >= 11 is 1.58. The molecule has 1 heterocycles. The molecule has 0 aliphatic heterocycles. The summed E-state index contributed by atoms with van der Waals surface area (Å²) in [6.07, 6.45) is 1.78. The van der Waals surface area contributed by atoms with Gasteiger partial charge in [-0.2, -0.15) is 0 Å². The van der Waals surface area contributed by atoms with Gasteiger partial charge in [-0.15, -0.1) is 11.3 Å².